The molecule has 0 aromatic heterocycles. The first-order chi connectivity index (χ1) is 17.4. The summed E-state index contributed by atoms with van der Waals surface area (Å²) in [5, 5.41) is 1.07. The van der Waals surface area contributed by atoms with E-state index in [1.165, 1.54) is 12.1 Å². The Balaban J connectivity index is 1.39. The van der Waals surface area contributed by atoms with Crippen LogP contribution < -0.4 is 4.74 Å². The van der Waals surface area contributed by atoms with Crippen molar-refractivity contribution < 1.29 is 22.3 Å². The fourth-order valence-corrected chi connectivity index (χ4v) is 3.92. The lowest BCUT2D eigenvalue weighted by molar-refractivity contribution is 0.304. The fourth-order valence-electron chi connectivity index (χ4n) is 3.92. The molecule has 0 aliphatic heterocycles. The second-order valence-corrected chi connectivity index (χ2v) is 8.70. The Bertz CT molecular complexity index is 1430. The van der Waals surface area contributed by atoms with E-state index in [-0.39, 0.29) is 11.4 Å². The van der Waals surface area contributed by atoms with Crippen LogP contribution in [0.25, 0.3) is 10.8 Å². The maximum atomic E-state index is 14.7. The van der Waals surface area contributed by atoms with E-state index in [2.05, 4.69) is 18.8 Å². The van der Waals surface area contributed by atoms with Crippen molar-refractivity contribution >= 4 is 10.8 Å². The molecule has 0 saturated heterocycles. The van der Waals surface area contributed by atoms with Crippen LogP contribution >= 0.6 is 0 Å². The lowest BCUT2D eigenvalue weighted by Crippen LogP contribution is -2.00. The van der Waals surface area contributed by atoms with Gasteiger partial charge in [0.2, 0.25) is 0 Å². The predicted molar refractivity (Wildman–Crippen MR) is 135 cm³/mol. The molecule has 0 fully saturated rings. The number of aryl methyl sites for hydroxylation is 2. The van der Waals surface area contributed by atoms with Crippen LogP contribution in [0.5, 0.6) is 5.75 Å². The Morgan fingerprint density at radius 3 is 2.22 bits per heavy atom. The molecule has 0 unspecified atom stereocenters. The smallest absolute Gasteiger partial charge is 0.159 e. The third kappa shape index (κ3) is 6.46. The number of ether oxygens (including phenoxy) is 1. The van der Waals surface area contributed by atoms with E-state index in [9.17, 15) is 17.6 Å². The Hall–Kier alpha value is -3.78. The molecule has 0 heterocycles. The van der Waals surface area contributed by atoms with Crippen molar-refractivity contribution in [2.24, 2.45) is 0 Å². The summed E-state index contributed by atoms with van der Waals surface area (Å²) in [5.74, 6) is 3.55. The van der Waals surface area contributed by atoms with E-state index in [1.54, 1.807) is 42.5 Å². The molecule has 0 aliphatic rings. The van der Waals surface area contributed by atoms with Gasteiger partial charge in [-0.25, -0.2) is 17.6 Å². The molecule has 0 spiro atoms. The molecule has 0 amide bonds. The van der Waals surface area contributed by atoms with Gasteiger partial charge in [0, 0.05) is 11.6 Å². The third-order valence-corrected chi connectivity index (χ3v) is 5.98. The number of unbranched alkanes of at least 4 members (excludes halogenated alkanes) is 2. The first-order valence-corrected chi connectivity index (χ1v) is 12.0. The van der Waals surface area contributed by atoms with Crippen molar-refractivity contribution in [1.82, 2.24) is 0 Å². The van der Waals surface area contributed by atoms with Crippen molar-refractivity contribution in [1.29, 1.82) is 0 Å². The highest BCUT2D eigenvalue weighted by Gasteiger charge is 2.08. The van der Waals surface area contributed by atoms with Crippen LogP contribution in [-0.4, -0.2) is 6.61 Å². The fraction of sp³-hybridized carbons (Fsp3) is 0.226. The zero-order chi connectivity index (χ0) is 25.5. The van der Waals surface area contributed by atoms with Gasteiger partial charge in [-0.2, -0.15) is 0 Å². The Morgan fingerprint density at radius 1 is 0.667 bits per heavy atom. The monoisotopic (exact) mass is 490 g/mol. The van der Waals surface area contributed by atoms with Crippen molar-refractivity contribution in [3.8, 4) is 17.6 Å². The number of hydrogen-bond donors (Lipinski definition) is 0. The van der Waals surface area contributed by atoms with Gasteiger partial charge in [-0.15, -0.1) is 0 Å². The number of rotatable bonds is 8. The van der Waals surface area contributed by atoms with Crippen LogP contribution in [0, 0.1) is 35.1 Å². The highest BCUT2D eigenvalue weighted by atomic mass is 19.2. The summed E-state index contributed by atoms with van der Waals surface area (Å²) in [7, 11) is 0. The second-order valence-electron chi connectivity index (χ2n) is 8.70. The number of benzene rings is 4. The quantitative estimate of drug-likeness (QED) is 0.138. The second kappa shape index (κ2) is 11.8. The van der Waals surface area contributed by atoms with E-state index < -0.39 is 17.5 Å². The SMILES string of the molecule is CCCCCOc1ccc(CCc2ccc(C#Cc3ccc4cc(F)c(F)cc4c3)c(F)c2)c(F)c1. The van der Waals surface area contributed by atoms with Gasteiger partial charge in [-0.1, -0.05) is 49.8 Å². The van der Waals surface area contributed by atoms with Gasteiger partial charge < -0.3 is 4.74 Å². The van der Waals surface area contributed by atoms with Gasteiger partial charge in [0.25, 0.3) is 0 Å². The highest BCUT2D eigenvalue weighted by Crippen LogP contribution is 2.21. The summed E-state index contributed by atoms with van der Waals surface area (Å²) >= 11 is 0. The van der Waals surface area contributed by atoms with Crippen LogP contribution in [-0.2, 0) is 12.8 Å². The van der Waals surface area contributed by atoms with E-state index in [0.29, 0.717) is 47.1 Å². The molecule has 0 saturated carbocycles. The summed E-state index contributed by atoms with van der Waals surface area (Å²) < 4.78 is 61.6. The number of fused-ring (bicyclic) bond motifs is 1. The molecule has 0 atom stereocenters. The zero-order valence-corrected chi connectivity index (χ0v) is 20.0. The molecular weight excluding hydrogens is 464 g/mol. The minimum absolute atomic E-state index is 0.222. The van der Waals surface area contributed by atoms with E-state index in [0.717, 1.165) is 37.0 Å². The van der Waals surface area contributed by atoms with Gasteiger partial charge in [-0.3, -0.25) is 0 Å². The Labute approximate surface area is 208 Å². The van der Waals surface area contributed by atoms with Crippen LogP contribution in [0.3, 0.4) is 0 Å². The highest BCUT2D eigenvalue weighted by molar-refractivity contribution is 5.84. The third-order valence-electron chi connectivity index (χ3n) is 5.98. The van der Waals surface area contributed by atoms with Gasteiger partial charge in [0.1, 0.15) is 17.4 Å². The molecule has 0 bridgehead atoms. The molecule has 0 radical (unpaired) electrons. The number of halogens is 4. The van der Waals surface area contributed by atoms with Crippen LogP contribution in [0.15, 0.2) is 66.7 Å². The molecule has 184 valence electrons. The summed E-state index contributed by atoms with van der Waals surface area (Å²) in [6.07, 6.45) is 4.02. The zero-order valence-electron chi connectivity index (χ0n) is 20.0. The maximum Gasteiger partial charge on any atom is 0.159 e. The molecule has 0 N–H and O–H groups in total. The summed E-state index contributed by atoms with van der Waals surface area (Å²) in [4.78, 5) is 0. The maximum absolute atomic E-state index is 14.7. The standard InChI is InChI=1S/C31H26F4O/c1-2-3-4-15-36-27-14-13-24(29(33)20-27)11-7-22-6-10-23(28(32)17-22)9-5-21-8-12-25-18-30(34)31(35)19-26(25)16-21/h6,8,10,12-14,16-20H,2-4,7,11,15H2,1H3. The molecule has 4 aromatic rings. The minimum Gasteiger partial charge on any atom is -0.493 e. The van der Waals surface area contributed by atoms with Gasteiger partial charge >= 0.3 is 0 Å². The normalized spacial score (nSPS) is 10.8. The van der Waals surface area contributed by atoms with Crippen molar-refractivity contribution in [3.05, 3.63) is 112 Å². The molecular formula is C31H26F4O. The molecule has 5 heteroatoms. The minimum atomic E-state index is -0.930. The number of hydrogen-bond acceptors (Lipinski definition) is 1. The summed E-state index contributed by atoms with van der Waals surface area (Å²) in [5.41, 5.74) is 2.07. The van der Waals surface area contributed by atoms with Crippen molar-refractivity contribution in [3.63, 3.8) is 0 Å². The molecule has 1 nitrogen and oxygen atoms in total. The Morgan fingerprint density at radius 2 is 1.47 bits per heavy atom. The lowest BCUT2D eigenvalue weighted by atomic mass is 10.0. The van der Waals surface area contributed by atoms with Crippen LogP contribution in [0.2, 0.25) is 0 Å². The average molecular weight is 491 g/mol. The van der Waals surface area contributed by atoms with E-state index >= 15 is 0 Å². The van der Waals surface area contributed by atoms with Crippen molar-refractivity contribution in [2.75, 3.05) is 6.61 Å². The molecule has 4 aromatic carbocycles. The lowest BCUT2D eigenvalue weighted by Gasteiger charge is -2.09. The van der Waals surface area contributed by atoms with E-state index in [1.807, 2.05) is 0 Å². The predicted octanol–water partition coefficient (Wildman–Crippen LogP) is 8.15. The van der Waals surface area contributed by atoms with Gasteiger partial charge in [0.15, 0.2) is 11.6 Å². The van der Waals surface area contributed by atoms with Crippen LogP contribution in [0.1, 0.15) is 48.4 Å². The summed E-state index contributed by atoms with van der Waals surface area (Å²) in [6.45, 7) is 2.68. The molecule has 36 heavy (non-hydrogen) atoms. The van der Waals surface area contributed by atoms with Gasteiger partial charge in [0.05, 0.1) is 12.2 Å². The van der Waals surface area contributed by atoms with Gasteiger partial charge in [-0.05, 0) is 83.6 Å². The molecule has 0 aliphatic carbocycles. The summed E-state index contributed by atoms with van der Waals surface area (Å²) in [6, 6.07) is 16.8. The molecule has 4 rings (SSSR count). The van der Waals surface area contributed by atoms with E-state index in [4.69, 9.17) is 4.74 Å². The van der Waals surface area contributed by atoms with Crippen LogP contribution in [0.4, 0.5) is 17.6 Å². The first kappa shape index (κ1) is 25.3. The topological polar surface area (TPSA) is 9.23 Å². The average Bonchev–Trinajstić information content (AvgIpc) is 2.86. The van der Waals surface area contributed by atoms with Crippen molar-refractivity contribution in [2.45, 2.75) is 39.0 Å². The Kier molecular flexibility index (Phi) is 8.28. The first-order valence-electron chi connectivity index (χ1n) is 12.0. The largest absolute Gasteiger partial charge is 0.493 e.